The molecule has 0 aliphatic carbocycles. The van der Waals surface area contributed by atoms with Crippen molar-refractivity contribution < 1.29 is 5.11 Å². The summed E-state index contributed by atoms with van der Waals surface area (Å²) in [6, 6.07) is 13.4. The first-order valence-corrected chi connectivity index (χ1v) is 8.50. The van der Waals surface area contributed by atoms with E-state index in [4.69, 9.17) is 4.99 Å². The van der Waals surface area contributed by atoms with E-state index in [9.17, 15) is 5.11 Å². The van der Waals surface area contributed by atoms with Crippen molar-refractivity contribution in [3.63, 3.8) is 0 Å². The predicted molar refractivity (Wildman–Crippen MR) is 95.4 cm³/mol. The van der Waals surface area contributed by atoms with Crippen LogP contribution in [0.15, 0.2) is 56.4 Å². The molecule has 0 amide bonds. The Kier molecular flexibility index (Phi) is 6.00. The Morgan fingerprint density at radius 3 is 2.57 bits per heavy atom. The van der Waals surface area contributed by atoms with Crippen molar-refractivity contribution in [1.82, 2.24) is 0 Å². The van der Waals surface area contributed by atoms with Gasteiger partial charge in [-0.1, -0.05) is 63.4 Å². The normalized spacial score (nSPS) is 11.7. The second-order valence-corrected chi connectivity index (χ2v) is 6.50. The van der Waals surface area contributed by atoms with Gasteiger partial charge >= 0.3 is 0 Å². The zero-order valence-corrected chi connectivity index (χ0v) is 15.0. The third-order valence-corrected chi connectivity index (χ3v) is 4.31. The number of aromatic hydroxyl groups is 1. The topological polar surface area (TPSA) is 32.6 Å². The van der Waals surface area contributed by atoms with Gasteiger partial charge in [0.2, 0.25) is 0 Å². The molecule has 1 N–H and O–H groups in total. The van der Waals surface area contributed by atoms with E-state index < -0.39 is 0 Å². The maximum Gasteiger partial charge on any atom is 0.125 e. The molecule has 0 aromatic heterocycles. The zero-order valence-electron chi connectivity index (χ0n) is 11.8. The van der Waals surface area contributed by atoms with Gasteiger partial charge in [-0.05, 0) is 30.7 Å². The van der Waals surface area contributed by atoms with Crippen molar-refractivity contribution >= 4 is 37.6 Å². The molecule has 2 nitrogen and oxygen atoms in total. The van der Waals surface area contributed by atoms with Gasteiger partial charge in [-0.15, -0.1) is 0 Å². The minimum Gasteiger partial charge on any atom is -0.507 e. The molecule has 0 saturated heterocycles. The number of hydrogen-bond acceptors (Lipinski definition) is 2. The van der Waals surface area contributed by atoms with Crippen LogP contribution in [0, 0.1) is 0 Å². The predicted octanol–water partition coefficient (Wildman–Crippen LogP) is 5.55. The fourth-order valence-electron chi connectivity index (χ4n) is 2.02. The molecule has 0 heterocycles. The van der Waals surface area contributed by atoms with Crippen LogP contribution in [0.1, 0.15) is 30.9 Å². The average Bonchev–Trinajstić information content (AvgIpc) is 2.48. The Morgan fingerprint density at radius 2 is 1.86 bits per heavy atom. The highest BCUT2D eigenvalue weighted by Crippen LogP contribution is 2.28. The zero-order chi connectivity index (χ0) is 15.2. The lowest BCUT2D eigenvalue weighted by molar-refractivity contribution is 0.474. The summed E-state index contributed by atoms with van der Waals surface area (Å²) >= 11 is 7.03. The van der Waals surface area contributed by atoms with Gasteiger partial charge in [-0.3, -0.25) is 4.99 Å². The number of benzene rings is 2. The van der Waals surface area contributed by atoms with Gasteiger partial charge in [0.15, 0.2) is 0 Å². The molecule has 0 aliphatic heterocycles. The molecule has 0 aliphatic rings. The fraction of sp³-hybridized carbons (Fsp3) is 0.235. The first-order valence-electron chi connectivity index (χ1n) is 6.91. The molecule has 110 valence electrons. The van der Waals surface area contributed by atoms with Crippen LogP contribution in [0.25, 0.3) is 0 Å². The summed E-state index contributed by atoms with van der Waals surface area (Å²) < 4.78 is 1.89. The summed E-state index contributed by atoms with van der Waals surface area (Å²) in [6.45, 7) is 2.89. The molecule has 0 fully saturated rings. The first kappa shape index (κ1) is 16.2. The van der Waals surface area contributed by atoms with Crippen molar-refractivity contribution in [3.05, 3.63) is 62.5 Å². The molecular formula is C17H17Br2NO. The second-order valence-electron chi connectivity index (χ2n) is 4.73. The Morgan fingerprint density at radius 1 is 1.10 bits per heavy atom. The van der Waals surface area contributed by atoms with Crippen LogP contribution in [0.3, 0.4) is 0 Å². The minimum absolute atomic E-state index is 0.240. The lowest BCUT2D eigenvalue weighted by Gasteiger charge is -2.12. The quantitative estimate of drug-likeness (QED) is 0.508. The summed E-state index contributed by atoms with van der Waals surface area (Å²) in [5.41, 5.74) is 2.55. The Labute approximate surface area is 142 Å². The molecule has 0 atom stereocenters. The number of aliphatic imine (C=N–C) groups is 1. The van der Waals surface area contributed by atoms with Crippen LogP contribution in [0.2, 0.25) is 0 Å². The lowest BCUT2D eigenvalue weighted by atomic mass is 10.0. The summed E-state index contributed by atoms with van der Waals surface area (Å²) in [4.78, 5) is 4.72. The molecular weight excluding hydrogens is 394 g/mol. The third-order valence-electron chi connectivity index (χ3n) is 3.12. The highest BCUT2D eigenvalue weighted by Gasteiger charge is 2.14. The number of hydrogen-bond donors (Lipinski definition) is 1. The molecule has 2 rings (SSSR count). The lowest BCUT2D eigenvalue weighted by Crippen LogP contribution is -2.06. The molecule has 0 saturated carbocycles. The van der Waals surface area contributed by atoms with Gasteiger partial charge in [0.1, 0.15) is 5.75 Å². The summed E-state index contributed by atoms with van der Waals surface area (Å²) in [5, 5.41) is 10.2. The van der Waals surface area contributed by atoms with Crippen molar-refractivity contribution in [1.29, 1.82) is 0 Å². The first-order chi connectivity index (χ1) is 10.1. The number of phenols is 1. The molecule has 2 aromatic carbocycles. The minimum atomic E-state index is 0.240. The van der Waals surface area contributed by atoms with E-state index in [0.29, 0.717) is 0 Å². The summed E-state index contributed by atoms with van der Waals surface area (Å²) in [5.74, 6) is 0.240. The van der Waals surface area contributed by atoms with Gasteiger partial charge in [0.05, 0.1) is 5.71 Å². The highest BCUT2D eigenvalue weighted by molar-refractivity contribution is 9.10. The highest BCUT2D eigenvalue weighted by atomic mass is 79.9. The molecule has 4 heteroatoms. The van der Waals surface area contributed by atoms with Gasteiger partial charge in [0.25, 0.3) is 0 Å². The Balaban J connectivity index is 2.54. The van der Waals surface area contributed by atoms with Gasteiger partial charge < -0.3 is 5.11 Å². The number of unbranched alkanes of at least 4 members (excludes halogenated alkanes) is 1. The monoisotopic (exact) mass is 409 g/mol. The molecule has 0 unspecified atom stereocenters. The van der Waals surface area contributed by atoms with Crippen LogP contribution in [-0.4, -0.2) is 17.4 Å². The maximum absolute atomic E-state index is 10.2. The van der Waals surface area contributed by atoms with Crippen molar-refractivity contribution in [2.24, 2.45) is 4.99 Å². The Bertz CT molecular complexity index is 653. The van der Waals surface area contributed by atoms with Crippen molar-refractivity contribution in [2.45, 2.75) is 19.8 Å². The SMILES string of the molecule is CCCCN=C(c1cc(Br)ccc1O)c1ccccc1Br. The second kappa shape index (κ2) is 7.76. The average molecular weight is 411 g/mol. The summed E-state index contributed by atoms with van der Waals surface area (Å²) in [6.07, 6.45) is 2.12. The van der Waals surface area contributed by atoms with E-state index in [2.05, 4.69) is 38.8 Å². The smallest absolute Gasteiger partial charge is 0.125 e. The van der Waals surface area contributed by atoms with Crippen LogP contribution >= 0.6 is 31.9 Å². The fourth-order valence-corrected chi connectivity index (χ4v) is 2.85. The van der Waals surface area contributed by atoms with Gasteiger partial charge in [-0.2, -0.15) is 0 Å². The van der Waals surface area contributed by atoms with E-state index in [1.165, 1.54) is 0 Å². The molecule has 0 spiro atoms. The van der Waals surface area contributed by atoms with E-state index in [1.807, 2.05) is 36.4 Å². The number of nitrogens with zero attached hydrogens (tertiary/aromatic N) is 1. The molecule has 2 aromatic rings. The number of phenolic OH excluding ortho intramolecular Hbond substituents is 1. The van der Waals surface area contributed by atoms with Crippen LogP contribution in [0.5, 0.6) is 5.75 Å². The van der Waals surface area contributed by atoms with Crippen molar-refractivity contribution in [3.8, 4) is 5.75 Å². The third kappa shape index (κ3) is 4.17. The van der Waals surface area contributed by atoms with Gasteiger partial charge in [-0.25, -0.2) is 0 Å². The Hall–Kier alpha value is -1.13. The molecule has 0 bridgehead atoms. The largest absolute Gasteiger partial charge is 0.507 e. The van der Waals surface area contributed by atoms with Crippen LogP contribution in [0.4, 0.5) is 0 Å². The summed E-state index contributed by atoms with van der Waals surface area (Å²) in [7, 11) is 0. The van der Waals surface area contributed by atoms with E-state index in [0.717, 1.165) is 45.2 Å². The van der Waals surface area contributed by atoms with Crippen LogP contribution in [-0.2, 0) is 0 Å². The molecule has 0 radical (unpaired) electrons. The maximum atomic E-state index is 10.2. The standard InChI is InChI=1S/C17H17Br2NO/c1-2-3-10-20-17(13-6-4-5-7-15(13)19)14-11-12(18)8-9-16(14)21/h4-9,11,21H,2-3,10H2,1H3. The van der Waals surface area contributed by atoms with E-state index >= 15 is 0 Å². The van der Waals surface area contributed by atoms with Crippen LogP contribution < -0.4 is 0 Å². The number of halogens is 2. The van der Waals surface area contributed by atoms with Crippen molar-refractivity contribution in [2.75, 3.05) is 6.54 Å². The number of rotatable bonds is 5. The van der Waals surface area contributed by atoms with Gasteiger partial charge in [0, 0.05) is 26.6 Å². The van der Waals surface area contributed by atoms with E-state index in [1.54, 1.807) is 6.07 Å². The molecule has 21 heavy (non-hydrogen) atoms. The van der Waals surface area contributed by atoms with E-state index in [-0.39, 0.29) is 5.75 Å².